The van der Waals surface area contributed by atoms with Crippen LogP contribution in [0.15, 0.2) is 0 Å². The van der Waals surface area contributed by atoms with Gasteiger partial charge in [0.15, 0.2) is 18.2 Å². The maximum Gasteiger partial charge on any atom is 0.335 e. The van der Waals surface area contributed by atoms with Crippen molar-refractivity contribution in [1.29, 1.82) is 0 Å². The van der Waals surface area contributed by atoms with Gasteiger partial charge in [0.05, 0.1) is 6.10 Å². The Morgan fingerprint density at radius 2 is 1.64 bits per heavy atom. The summed E-state index contributed by atoms with van der Waals surface area (Å²) in [6.45, 7) is 2.89. The number of hydrogen-bond acceptors (Lipinski definition) is 9. The zero-order chi connectivity index (χ0) is 28.2. The predicted octanol–water partition coefficient (Wildman–Crippen LogP) is 1.61. The van der Waals surface area contributed by atoms with Crippen molar-refractivity contribution in [2.24, 2.45) is 40.9 Å². The van der Waals surface area contributed by atoms with E-state index in [1.807, 2.05) is 6.92 Å². The number of aliphatic carboxylic acids is 1. The number of carbonyl (C=O) groups excluding carboxylic acids is 2. The Kier molecular flexibility index (Phi) is 8.11. The van der Waals surface area contributed by atoms with E-state index in [4.69, 9.17) is 14.2 Å². The van der Waals surface area contributed by atoms with Crippen LogP contribution < -0.4 is 0 Å². The Labute approximate surface area is 227 Å². The van der Waals surface area contributed by atoms with Gasteiger partial charge >= 0.3 is 11.9 Å². The lowest BCUT2D eigenvalue weighted by Gasteiger charge is -2.57. The van der Waals surface area contributed by atoms with Crippen molar-refractivity contribution in [3.05, 3.63) is 0 Å². The van der Waals surface area contributed by atoms with Gasteiger partial charge in [-0.15, -0.1) is 0 Å². The van der Waals surface area contributed by atoms with Crippen LogP contribution in [-0.2, 0) is 28.6 Å². The summed E-state index contributed by atoms with van der Waals surface area (Å²) >= 11 is 0. The number of ketones is 1. The standard InChI is InChI=1S/C28H41FO10/c1-12(30)37-11-20(31)19-8-7-18-16-5-3-13-9-14(4-6-15(13)17(16)10-21(29)28(18,19)2)38-27-24(34)22(32)23(33)25(39-27)26(35)36/h13-19,21-25,27,32-34H,3-11H2,1-2H3,(H,35,36)/t13-,14-,15+,16-,17-,18+,19-,21+,22+,23+,24-,25+,27?,28+/m1/s1. The van der Waals surface area contributed by atoms with Gasteiger partial charge in [-0.25, -0.2) is 9.18 Å². The van der Waals surface area contributed by atoms with Crippen LogP contribution in [0.1, 0.15) is 65.2 Å². The summed E-state index contributed by atoms with van der Waals surface area (Å²) in [5.41, 5.74) is -0.744. The Morgan fingerprint density at radius 3 is 2.33 bits per heavy atom. The highest BCUT2D eigenvalue weighted by Gasteiger charge is 2.63. The topological polar surface area (TPSA) is 160 Å². The molecule has 0 radical (unpaired) electrons. The predicted molar refractivity (Wildman–Crippen MR) is 132 cm³/mol. The molecule has 5 rings (SSSR count). The maximum atomic E-state index is 16.0. The van der Waals surface area contributed by atoms with Gasteiger partial charge in [0.25, 0.3) is 0 Å². The largest absolute Gasteiger partial charge is 0.479 e. The number of rotatable bonds is 6. The number of fused-ring (bicyclic) bond motifs is 5. The Morgan fingerprint density at radius 1 is 0.923 bits per heavy atom. The molecule has 14 atom stereocenters. The van der Waals surface area contributed by atoms with Crippen LogP contribution in [0.25, 0.3) is 0 Å². The third-order valence-corrected chi connectivity index (χ3v) is 10.9. The first-order chi connectivity index (χ1) is 18.4. The summed E-state index contributed by atoms with van der Waals surface area (Å²) in [7, 11) is 0. The molecule has 0 aromatic heterocycles. The summed E-state index contributed by atoms with van der Waals surface area (Å²) in [6.07, 6.45) is -3.73. The van der Waals surface area contributed by atoms with Crippen molar-refractivity contribution in [2.75, 3.05) is 6.61 Å². The van der Waals surface area contributed by atoms with Crippen LogP contribution >= 0.6 is 0 Å². The number of aliphatic hydroxyl groups excluding tert-OH is 3. The molecule has 0 amide bonds. The van der Waals surface area contributed by atoms with Crippen LogP contribution in [0.5, 0.6) is 0 Å². The molecule has 4 aliphatic carbocycles. The first kappa shape index (κ1) is 28.9. The molecule has 4 saturated carbocycles. The van der Waals surface area contributed by atoms with Crippen molar-refractivity contribution < 1.29 is 53.4 Å². The molecule has 1 aliphatic heterocycles. The number of aliphatic hydroxyl groups is 3. The smallest absolute Gasteiger partial charge is 0.335 e. The van der Waals surface area contributed by atoms with E-state index >= 15 is 4.39 Å². The number of carboxylic acid groups (broad SMARTS) is 1. The third kappa shape index (κ3) is 5.03. The molecular formula is C28H41FO10. The Bertz CT molecular complexity index is 961. The van der Waals surface area contributed by atoms with Gasteiger partial charge in [-0.1, -0.05) is 6.92 Å². The van der Waals surface area contributed by atoms with Gasteiger partial charge in [0.2, 0.25) is 0 Å². The van der Waals surface area contributed by atoms with Crippen LogP contribution in [0.2, 0.25) is 0 Å². The van der Waals surface area contributed by atoms with Crippen molar-refractivity contribution in [3.63, 3.8) is 0 Å². The average molecular weight is 557 g/mol. The summed E-state index contributed by atoms with van der Waals surface area (Å²) in [6, 6.07) is 0. The van der Waals surface area contributed by atoms with Crippen LogP contribution in [-0.4, -0.2) is 87.7 Å². The highest BCUT2D eigenvalue weighted by atomic mass is 19.1. The van der Waals surface area contributed by atoms with E-state index < -0.39 is 60.1 Å². The van der Waals surface area contributed by atoms with Crippen molar-refractivity contribution in [1.82, 2.24) is 0 Å². The molecule has 0 bridgehead atoms. The van der Waals surface area contributed by atoms with Gasteiger partial charge in [0.1, 0.15) is 31.1 Å². The molecule has 5 fully saturated rings. The number of halogens is 1. The minimum absolute atomic E-state index is 0.110. The number of esters is 1. The van der Waals surface area contributed by atoms with Gasteiger partial charge in [-0.2, -0.15) is 0 Å². The number of Topliss-reactive ketones (excluding diaryl/α,β-unsaturated/α-hetero) is 1. The molecular weight excluding hydrogens is 515 g/mol. The van der Waals surface area contributed by atoms with Crippen LogP contribution in [0.3, 0.4) is 0 Å². The first-order valence-corrected chi connectivity index (χ1v) is 14.3. The van der Waals surface area contributed by atoms with E-state index in [1.165, 1.54) is 6.92 Å². The summed E-state index contributed by atoms with van der Waals surface area (Å²) < 4.78 is 32.3. The number of alkyl halides is 1. The second kappa shape index (κ2) is 11.0. The van der Waals surface area contributed by atoms with Gasteiger partial charge < -0.3 is 34.6 Å². The lowest BCUT2D eigenvalue weighted by Crippen LogP contribution is -2.61. The molecule has 0 spiro atoms. The fourth-order valence-electron chi connectivity index (χ4n) is 9.03. The normalized spacial score (nSPS) is 49.3. The Balaban J connectivity index is 1.23. The van der Waals surface area contributed by atoms with E-state index in [1.54, 1.807) is 0 Å². The van der Waals surface area contributed by atoms with E-state index in [9.17, 15) is 34.8 Å². The lowest BCUT2D eigenvalue weighted by atomic mass is 9.49. The lowest BCUT2D eigenvalue weighted by molar-refractivity contribution is -0.308. The first-order valence-electron chi connectivity index (χ1n) is 14.3. The molecule has 220 valence electrons. The SMILES string of the molecule is CC(=O)OCC(=O)[C@H]1CC[C@H]2[C@@H]3CC[C@@H]4C[C@H](OC5O[C@H](C(=O)O)[C@@H](O)[C@H](O)[C@H]5O)CC[C@@H]4[C@H]3C[C@H](F)[C@]12C. The monoisotopic (exact) mass is 556 g/mol. The van der Waals surface area contributed by atoms with Crippen LogP contribution in [0, 0.1) is 40.9 Å². The number of hydrogen-bond donors (Lipinski definition) is 4. The molecule has 11 heteroatoms. The molecule has 1 unspecified atom stereocenters. The molecule has 1 heterocycles. The number of carbonyl (C=O) groups is 3. The second-order valence-corrected chi connectivity index (χ2v) is 12.7. The molecule has 10 nitrogen and oxygen atoms in total. The minimum Gasteiger partial charge on any atom is -0.479 e. The average Bonchev–Trinajstić information content (AvgIpc) is 3.26. The summed E-state index contributed by atoms with van der Waals surface area (Å²) in [5.74, 6) is -1.32. The van der Waals surface area contributed by atoms with E-state index in [0.717, 1.165) is 25.7 Å². The second-order valence-electron chi connectivity index (χ2n) is 12.7. The number of ether oxygens (including phenoxy) is 3. The summed E-state index contributed by atoms with van der Waals surface area (Å²) in [5, 5.41) is 39.7. The minimum atomic E-state index is -1.76. The molecule has 1 saturated heterocycles. The molecule has 5 aliphatic rings. The van der Waals surface area contributed by atoms with Crippen molar-refractivity contribution in [3.8, 4) is 0 Å². The fourth-order valence-corrected chi connectivity index (χ4v) is 9.03. The Hall–Kier alpha value is -1.66. The van der Waals surface area contributed by atoms with E-state index in [-0.39, 0.29) is 36.2 Å². The zero-order valence-electron chi connectivity index (χ0n) is 22.5. The fraction of sp³-hybridized carbons (Fsp3) is 0.893. The third-order valence-electron chi connectivity index (χ3n) is 10.9. The zero-order valence-corrected chi connectivity index (χ0v) is 22.5. The maximum absolute atomic E-state index is 16.0. The molecule has 4 N–H and O–H groups in total. The van der Waals surface area contributed by atoms with E-state index in [2.05, 4.69) is 0 Å². The van der Waals surface area contributed by atoms with Gasteiger partial charge in [-0.3, -0.25) is 9.59 Å². The number of carboxylic acids is 1. The van der Waals surface area contributed by atoms with Crippen molar-refractivity contribution >= 4 is 17.7 Å². The molecule has 0 aromatic carbocycles. The highest BCUT2D eigenvalue weighted by molar-refractivity contribution is 5.85. The quantitative estimate of drug-likeness (QED) is 0.280. The van der Waals surface area contributed by atoms with E-state index in [0.29, 0.717) is 37.5 Å². The van der Waals surface area contributed by atoms with Crippen molar-refractivity contribution in [2.45, 2.75) is 108 Å². The van der Waals surface area contributed by atoms with Gasteiger partial charge in [0, 0.05) is 18.3 Å². The van der Waals surface area contributed by atoms with Gasteiger partial charge in [-0.05, 0) is 81.0 Å². The van der Waals surface area contributed by atoms with Crippen LogP contribution in [0.4, 0.5) is 4.39 Å². The summed E-state index contributed by atoms with van der Waals surface area (Å²) in [4.78, 5) is 35.5. The highest BCUT2D eigenvalue weighted by Crippen LogP contribution is 2.65. The molecule has 39 heavy (non-hydrogen) atoms. The molecule has 0 aromatic rings.